The van der Waals surface area contributed by atoms with E-state index < -0.39 is 42.5 Å². The Labute approximate surface area is 158 Å². The van der Waals surface area contributed by atoms with Crippen molar-refractivity contribution < 1.29 is 42.4 Å². The Hall–Kier alpha value is -3.23. The zero-order valence-electron chi connectivity index (χ0n) is 15.0. The van der Waals surface area contributed by atoms with E-state index in [1.165, 1.54) is 31.2 Å². The van der Waals surface area contributed by atoms with Gasteiger partial charge in [-0.15, -0.1) is 0 Å². The van der Waals surface area contributed by atoms with Crippen molar-refractivity contribution in [3.05, 3.63) is 41.5 Å². The number of ether oxygens (including phenoxy) is 2. The number of halogens is 3. The minimum absolute atomic E-state index is 0.0424. The Morgan fingerprint density at radius 2 is 1.68 bits per heavy atom. The SMILES string of the molecule is COC(=O)Cc1c(C(C)=O)c(O)cc(O)c1-c1ccc(OCC(F)(F)F)cc1. The largest absolute Gasteiger partial charge is 0.507 e. The van der Waals surface area contributed by atoms with Crippen molar-refractivity contribution in [1.29, 1.82) is 0 Å². The molecule has 0 radical (unpaired) electrons. The third kappa shape index (κ3) is 4.93. The van der Waals surface area contributed by atoms with E-state index in [9.17, 15) is 33.0 Å². The smallest absolute Gasteiger partial charge is 0.422 e. The van der Waals surface area contributed by atoms with Gasteiger partial charge in [0.15, 0.2) is 12.4 Å². The fourth-order valence-electron chi connectivity index (χ4n) is 2.70. The number of carbonyl (C=O) groups is 2. The molecule has 0 saturated heterocycles. The molecule has 0 aliphatic heterocycles. The molecule has 0 amide bonds. The summed E-state index contributed by atoms with van der Waals surface area (Å²) in [5.74, 6) is -2.22. The van der Waals surface area contributed by atoms with Crippen LogP contribution in [0.4, 0.5) is 13.2 Å². The molecule has 0 heterocycles. The molecule has 28 heavy (non-hydrogen) atoms. The molecule has 9 heteroatoms. The lowest BCUT2D eigenvalue weighted by atomic mass is 9.90. The zero-order chi connectivity index (χ0) is 21.1. The molecule has 150 valence electrons. The Morgan fingerprint density at radius 1 is 1.07 bits per heavy atom. The van der Waals surface area contributed by atoms with Gasteiger partial charge in [-0.25, -0.2) is 0 Å². The Kier molecular flexibility index (Phi) is 6.17. The van der Waals surface area contributed by atoms with Crippen LogP contribution < -0.4 is 4.74 Å². The Bertz CT molecular complexity index is 888. The molecule has 0 saturated carbocycles. The molecule has 0 fully saturated rings. The van der Waals surface area contributed by atoms with Gasteiger partial charge in [0.05, 0.1) is 19.1 Å². The normalized spacial score (nSPS) is 11.2. The number of phenolic OH excluding ortho intramolecular Hbond substituents is 2. The number of alkyl halides is 3. The molecular formula is C19H17F3O6. The van der Waals surface area contributed by atoms with Crippen LogP contribution in [0.3, 0.4) is 0 Å². The number of aromatic hydroxyl groups is 2. The third-order valence-corrected chi connectivity index (χ3v) is 3.84. The molecule has 0 spiro atoms. The van der Waals surface area contributed by atoms with E-state index in [-0.39, 0.29) is 22.4 Å². The lowest BCUT2D eigenvalue weighted by Gasteiger charge is -2.17. The maximum atomic E-state index is 12.2. The van der Waals surface area contributed by atoms with Crippen LogP contribution in [0.5, 0.6) is 17.2 Å². The number of Topliss-reactive ketones (excluding diaryl/α,β-unsaturated/α-hetero) is 1. The first kappa shape index (κ1) is 21.1. The minimum Gasteiger partial charge on any atom is -0.507 e. The number of carbonyl (C=O) groups excluding carboxylic acids is 2. The standard InChI is InChI=1S/C19H17F3O6/c1-10(23)17-13(7-16(26)27-2)18(15(25)8-14(17)24)11-3-5-12(6-4-11)28-9-19(20,21)22/h3-6,8,24-25H,7,9H2,1-2H3. The van der Waals surface area contributed by atoms with Crippen molar-refractivity contribution in [1.82, 2.24) is 0 Å². The number of methoxy groups -OCH3 is 1. The van der Waals surface area contributed by atoms with Crippen LogP contribution in [-0.4, -0.2) is 41.9 Å². The van der Waals surface area contributed by atoms with Crippen molar-refractivity contribution in [3.63, 3.8) is 0 Å². The molecule has 2 N–H and O–H groups in total. The average molecular weight is 398 g/mol. The second-order valence-electron chi connectivity index (χ2n) is 5.88. The van der Waals surface area contributed by atoms with E-state index >= 15 is 0 Å². The molecule has 2 rings (SSSR count). The van der Waals surface area contributed by atoms with Gasteiger partial charge in [-0.1, -0.05) is 12.1 Å². The average Bonchev–Trinajstić information content (AvgIpc) is 2.59. The predicted octanol–water partition coefficient (Wildman–Crippen LogP) is 3.62. The molecule has 0 aliphatic carbocycles. The van der Waals surface area contributed by atoms with Crippen LogP contribution in [0.15, 0.2) is 30.3 Å². The third-order valence-electron chi connectivity index (χ3n) is 3.84. The van der Waals surface area contributed by atoms with Gasteiger partial charge < -0.3 is 19.7 Å². The van der Waals surface area contributed by atoms with Crippen LogP contribution in [-0.2, 0) is 16.0 Å². The first-order valence-corrected chi connectivity index (χ1v) is 7.99. The summed E-state index contributed by atoms with van der Waals surface area (Å²) in [6, 6.07) is 6.19. The lowest BCUT2D eigenvalue weighted by molar-refractivity contribution is -0.153. The van der Waals surface area contributed by atoms with Gasteiger partial charge in [0.1, 0.15) is 17.2 Å². The summed E-state index contributed by atoms with van der Waals surface area (Å²) < 4.78 is 46.0. The van der Waals surface area contributed by atoms with E-state index in [1.807, 2.05) is 0 Å². The van der Waals surface area contributed by atoms with Crippen LogP contribution in [0, 0.1) is 0 Å². The summed E-state index contributed by atoms with van der Waals surface area (Å²) in [6.07, 6.45) is -4.90. The molecule has 0 atom stereocenters. The number of benzene rings is 2. The molecule has 6 nitrogen and oxygen atoms in total. The predicted molar refractivity (Wildman–Crippen MR) is 92.5 cm³/mol. The molecule has 2 aromatic carbocycles. The highest BCUT2D eigenvalue weighted by molar-refractivity contribution is 6.02. The molecule has 0 aromatic heterocycles. The highest BCUT2D eigenvalue weighted by atomic mass is 19.4. The second-order valence-corrected chi connectivity index (χ2v) is 5.88. The van der Waals surface area contributed by atoms with E-state index in [2.05, 4.69) is 9.47 Å². The van der Waals surface area contributed by atoms with Crippen LogP contribution in [0.2, 0.25) is 0 Å². The topological polar surface area (TPSA) is 93.1 Å². The van der Waals surface area contributed by atoms with Crippen molar-refractivity contribution in [2.24, 2.45) is 0 Å². The Morgan fingerprint density at radius 3 is 2.18 bits per heavy atom. The van der Waals surface area contributed by atoms with Crippen molar-refractivity contribution >= 4 is 11.8 Å². The number of hydrogen-bond donors (Lipinski definition) is 2. The van der Waals surface area contributed by atoms with Gasteiger partial charge in [-0.05, 0) is 30.2 Å². The quantitative estimate of drug-likeness (QED) is 0.570. The maximum Gasteiger partial charge on any atom is 0.422 e. The van der Waals surface area contributed by atoms with Crippen LogP contribution in [0.25, 0.3) is 11.1 Å². The van der Waals surface area contributed by atoms with E-state index in [0.717, 1.165) is 13.2 Å². The summed E-state index contributed by atoms with van der Waals surface area (Å²) in [4.78, 5) is 23.7. The maximum absolute atomic E-state index is 12.2. The lowest BCUT2D eigenvalue weighted by Crippen LogP contribution is -2.19. The van der Waals surface area contributed by atoms with Gasteiger partial charge in [0, 0.05) is 11.6 Å². The van der Waals surface area contributed by atoms with Crippen molar-refractivity contribution in [3.8, 4) is 28.4 Å². The molecule has 2 aromatic rings. The van der Waals surface area contributed by atoms with Gasteiger partial charge in [-0.3, -0.25) is 9.59 Å². The van der Waals surface area contributed by atoms with Crippen molar-refractivity contribution in [2.75, 3.05) is 13.7 Å². The Balaban J connectivity index is 2.53. The van der Waals surface area contributed by atoms with Gasteiger partial charge in [0.25, 0.3) is 0 Å². The van der Waals surface area contributed by atoms with Crippen molar-refractivity contribution in [2.45, 2.75) is 19.5 Å². The zero-order valence-corrected chi connectivity index (χ0v) is 15.0. The summed E-state index contributed by atoms with van der Waals surface area (Å²) in [6.45, 7) is -0.274. The van der Waals surface area contributed by atoms with Crippen LogP contribution >= 0.6 is 0 Å². The summed E-state index contributed by atoms with van der Waals surface area (Å²) >= 11 is 0. The highest BCUT2D eigenvalue weighted by Gasteiger charge is 2.28. The first-order valence-electron chi connectivity index (χ1n) is 7.99. The summed E-state index contributed by atoms with van der Waals surface area (Å²) in [5, 5.41) is 20.3. The number of hydrogen-bond acceptors (Lipinski definition) is 6. The van der Waals surface area contributed by atoms with E-state index in [1.54, 1.807) is 0 Å². The summed E-state index contributed by atoms with van der Waals surface area (Å²) in [7, 11) is 1.14. The van der Waals surface area contributed by atoms with E-state index in [0.29, 0.717) is 5.56 Å². The van der Waals surface area contributed by atoms with E-state index in [4.69, 9.17) is 0 Å². The number of esters is 1. The number of phenols is 2. The molecular weight excluding hydrogens is 381 g/mol. The molecule has 0 unspecified atom stereocenters. The van der Waals surface area contributed by atoms with Gasteiger partial charge in [-0.2, -0.15) is 13.2 Å². The number of rotatable bonds is 6. The highest BCUT2D eigenvalue weighted by Crippen LogP contribution is 2.40. The number of ketones is 1. The molecule has 0 aliphatic rings. The summed E-state index contributed by atoms with van der Waals surface area (Å²) in [5.41, 5.74) is 0.269. The monoisotopic (exact) mass is 398 g/mol. The fraction of sp³-hybridized carbons (Fsp3) is 0.263. The minimum atomic E-state index is -4.49. The van der Waals surface area contributed by atoms with Crippen LogP contribution in [0.1, 0.15) is 22.8 Å². The molecule has 0 bridgehead atoms. The van der Waals surface area contributed by atoms with Gasteiger partial charge in [0.2, 0.25) is 0 Å². The first-order chi connectivity index (χ1) is 13.0. The second kappa shape index (κ2) is 8.20. The fourth-order valence-corrected chi connectivity index (χ4v) is 2.70. The van der Waals surface area contributed by atoms with Gasteiger partial charge >= 0.3 is 12.1 Å².